The zero-order valence-electron chi connectivity index (χ0n) is 19.5. The van der Waals surface area contributed by atoms with Gasteiger partial charge in [-0.3, -0.25) is 4.79 Å². The number of urea groups is 1. The smallest absolute Gasteiger partial charge is 0.319 e. The van der Waals surface area contributed by atoms with Crippen LogP contribution in [-0.2, 0) is 0 Å². The minimum Gasteiger partial charge on any atom is -0.455 e. The van der Waals surface area contributed by atoms with Crippen molar-refractivity contribution in [2.75, 3.05) is 11.9 Å². The number of ether oxygens (including phenoxy) is 1. The number of carbonyl (C=O) groups is 2. The van der Waals surface area contributed by atoms with Crippen LogP contribution in [0.1, 0.15) is 47.7 Å². The molecular weight excluding hydrogens is 434 g/mol. The molecule has 2 atom stereocenters. The molecule has 3 heterocycles. The van der Waals surface area contributed by atoms with Crippen LogP contribution in [0, 0.1) is 13.8 Å². The van der Waals surface area contributed by atoms with Crippen LogP contribution >= 0.6 is 0 Å². The standard InChI is InChI=1S/C25H29N5O4/c1-14-10-19(6-7-21(14)28-25(33)27-17-4-5-17)34-22-8-9-26-30-13-20(16(3)23(22)30)24(32)29-12-18(31)11-15(29)2/h6-10,13,15,17-18,31H,4-5,11-12H2,1-3H3,(H2,27,28,33)/t15-,18-/m1/s1. The van der Waals surface area contributed by atoms with Gasteiger partial charge in [0, 0.05) is 36.6 Å². The summed E-state index contributed by atoms with van der Waals surface area (Å²) in [5, 5.41) is 20.1. The molecule has 1 aliphatic carbocycles. The zero-order chi connectivity index (χ0) is 24.0. The van der Waals surface area contributed by atoms with Crippen molar-refractivity contribution < 1.29 is 19.4 Å². The van der Waals surface area contributed by atoms with E-state index in [0.717, 1.165) is 29.7 Å². The topological polar surface area (TPSA) is 108 Å². The van der Waals surface area contributed by atoms with Crippen molar-refractivity contribution in [3.05, 3.63) is 53.3 Å². The molecule has 0 radical (unpaired) electrons. The summed E-state index contributed by atoms with van der Waals surface area (Å²) >= 11 is 0. The second kappa shape index (κ2) is 8.64. The number of aromatic nitrogens is 2. The van der Waals surface area contributed by atoms with Gasteiger partial charge in [-0.15, -0.1) is 0 Å². The van der Waals surface area contributed by atoms with Crippen molar-refractivity contribution in [2.45, 2.75) is 58.2 Å². The van der Waals surface area contributed by atoms with E-state index in [1.54, 1.807) is 33.9 Å². The van der Waals surface area contributed by atoms with Gasteiger partial charge in [0.25, 0.3) is 5.91 Å². The second-order valence-corrected chi connectivity index (χ2v) is 9.30. The fourth-order valence-corrected chi connectivity index (χ4v) is 4.50. The van der Waals surface area contributed by atoms with E-state index < -0.39 is 6.10 Å². The summed E-state index contributed by atoms with van der Waals surface area (Å²) in [4.78, 5) is 27.0. The fraction of sp³-hybridized carbons (Fsp3) is 0.400. The largest absolute Gasteiger partial charge is 0.455 e. The molecule has 0 bridgehead atoms. The van der Waals surface area contributed by atoms with Crippen molar-refractivity contribution in [1.82, 2.24) is 19.8 Å². The molecule has 3 aromatic rings. The summed E-state index contributed by atoms with van der Waals surface area (Å²) in [5.41, 5.74) is 3.62. The number of hydrogen-bond donors (Lipinski definition) is 3. The van der Waals surface area contributed by atoms with Gasteiger partial charge in [0.1, 0.15) is 11.3 Å². The number of carbonyl (C=O) groups excluding carboxylic acids is 2. The molecule has 0 spiro atoms. The summed E-state index contributed by atoms with van der Waals surface area (Å²) in [6.45, 7) is 6.07. The quantitative estimate of drug-likeness (QED) is 0.536. The zero-order valence-corrected chi connectivity index (χ0v) is 19.5. The van der Waals surface area contributed by atoms with Crippen molar-refractivity contribution in [3.8, 4) is 11.5 Å². The lowest BCUT2D eigenvalue weighted by molar-refractivity contribution is 0.0725. The summed E-state index contributed by atoms with van der Waals surface area (Å²) < 4.78 is 7.84. The molecule has 2 aromatic heterocycles. The maximum Gasteiger partial charge on any atom is 0.319 e. The fourth-order valence-electron chi connectivity index (χ4n) is 4.50. The van der Waals surface area contributed by atoms with Gasteiger partial charge >= 0.3 is 6.03 Å². The molecule has 3 N–H and O–H groups in total. The number of fused-ring (bicyclic) bond motifs is 1. The average molecular weight is 464 g/mol. The number of β-amino-alcohol motifs (C(OH)–C–C–N with tert-alkyl or cyclic N) is 1. The van der Waals surface area contributed by atoms with Gasteiger partial charge in [0.05, 0.1) is 17.9 Å². The van der Waals surface area contributed by atoms with E-state index in [2.05, 4.69) is 15.7 Å². The first-order chi connectivity index (χ1) is 16.3. The first-order valence-electron chi connectivity index (χ1n) is 11.6. The number of rotatable bonds is 5. The maximum absolute atomic E-state index is 13.2. The van der Waals surface area contributed by atoms with Crippen molar-refractivity contribution in [1.29, 1.82) is 0 Å². The van der Waals surface area contributed by atoms with E-state index in [1.165, 1.54) is 0 Å². The van der Waals surface area contributed by atoms with Crippen LogP contribution in [0.2, 0.25) is 0 Å². The van der Waals surface area contributed by atoms with Crippen molar-refractivity contribution >= 4 is 23.1 Å². The molecule has 34 heavy (non-hydrogen) atoms. The number of anilines is 1. The van der Waals surface area contributed by atoms with Gasteiger partial charge in [-0.25, -0.2) is 9.31 Å². The predicted molar refractivity (Wildman–Crippen MR) is 127 cm³/mol. The lowest BCUT2D eigenvalue weighted by atomic mass is 10.1. The van der Waals surface area contributed by atoms with Crippen LogP contribution in [0.25, 0.3) is 5.52 Å². The van der Waals surface area contributed by atoms with Crippen molar-refractivity contribution in [2.24, 2.45) is 0 Å². The van der Waals surface area contributed by atoms with E-state index in [9.17, 15) is 14.7 Å². The van der Waals surface area contributed by atoms with Gasteiger partial charge in [-0.1, -0.05) is 0 Å². The van der Waals surface area contributed by atoms with E-state index in [-0.39, 0.29) is 24.0 Å². The number of amides is 3. The Morgan fingerprint density at radius 1 is 1.21 bits per heavy atom. The number of aliphatic hydroxyl groups is 1. The Hall–Kier alpha value is -3.59. The average Bonchev–Trinajstić information content (AvgIpc) is 3.44. The molecule has 3 amide bonds. The first-order valence-corrected chi connectivity index (χ1v) is 11.6. The summed E-state index contributed by atoms with van der Waals surface area (Å²) in [6, 6.07) is 7.32. The Labute approximate surface area is 197 Å². The van der Waals surface area contributed by atoms with E-state index >= 15 is 0 Å². The molecule has 178 valence electrons. The van der Waals surface area contributed by atoms with Gasteiger partial charge < -0.3 is 25.4 Å². The Morgan fingerprint density at radius 2 is 2.00 bits per heavy atom. The molecule has 1 aromatic carbocycles. The third kappa shape index (κ3) is 4.31. The number of nitrogens with one attached hydrogen (secondary N) is 2. The maximum atomic E-state index is 13.2. The molecule has 1 saturated carbocycles. The van der Waals surface area contributed by atoms with Crippen LogP contribution in [-0.4, -0.2) is 56.3 Å². The minimum absolute atomic E-state index is 0.0185. The molecule has 9 nitrogen and oxygen atoms in total. The highest BCUT2D eigenvalue weighted by molar-refractivity contribution is 5.98. The highest BCUT2D eigenvalue weighted by Crippen LogP contribution is 2.33. The third-order valence-corrected chi connectivity index (χ3v) is 6.52. The number of aryl methyl sites for hydroxylation is 2. The van der Waals surface area contributed by atoms with Gasteiger partial charge in [-0.05, 0) is 69.4 Å². The third-order valence-electron chi connectivity index (χ3n) is 6.52. The van der Waals surface area contributed by atoms with Crippen LogP contribution in [0.15, 0.2) is 36.7 Å². The Balaban J connectivity index is 1.38. The molecule has 9 heteroatoms. The van der Waals surface area contributed by atoms with E-state index in [4.69, 9.17) is 4.74 Å². The van der Waals surface area contributed by atoms with Crippen LogP contribution in [0.5, 0.6) is 11.5 Å². The van der Waals surface area contributed by atoms with Crippen molar-refractivity contribution in [3.63, 3.8) is 0 Å². The van der Waals surface area contributed by atoms with Crippen LogP contribution < -0.4 is 15.4 Å². The monoisotopic (exact) mass is 463 g/mol. The molecule has 5 rings (SSSR count). The Bertz CT molecular complexity index is 1270. The highest BCUT2D eigenvalue weighted by atomic mass is 16.5. The second-order valence-electron chi connectivity index (χ2n) is 9.30. The molecule has 2 aliphatic rings. The number of aliphatic hydroxyl groups excluding tert-OH is 1. The molecule has 0 unspecified atom stereocenters. The van der Waals surface area contributed by atoms with Gasteiger partial charge in [-0.2, -0.15) is 5.10 Å². The molecule has 2 fully saturated rings. The number of benzene rings is 1. The van der Waals surface area contributed by atoms with E-state index in [1.807, 2.05) is 32.9 Å². The first kappa shape index (κ1) is 22.2. The lowest BCUT2D eigenvalue weighted by Gasteiger charge is -2.20. The summed E-state index contributed by atoms with van der Waals surface area (Å²) in [7, 11) is 0. The number of likely N-dealkylation sites (tertiary alicyclic amines) is 1. The highest BCUT2D eigenvalue weighted by Gasteiger charge is 2.33. The molecule has 1 aliphatic heterocycles. The summed E-state index contributed by atoms with van der Waals surface area (Å²) in [6.07, 6.45) is 5.50. The number of hydrogen-bond acceptors (Lipinski definition) is 5. The summed E-state index contributed by atoms with van der Waals surface area (Å²) in [5.74, 6) is 1.07. The molecule has 1 saturated heterocycles. The SMILES string of the molecule is Cc1cc(Oc2ccnn3cc(C(=O)N4C[C@H](O)C[C@H]4C)c(C)c23)ccc1NC(=O)NC1CC1. The molecular formula is C25H29N5O4. The van der Waals surface area contributed by atoms with Crippen LogP contribution in [0.4, 0.5) is 10.5 Å². The number of nitrogens with zero attached hydrogens (tertiary/aromatic N) is 3. The van der Waals surface area contributed by atoms with Gasteiger partial charge in [0.15, 0.2) is 5.75 Å². The van der Waals surface area contributed by atoms with Crippen LogP contribution in [0.3, 0.4) is 0 Å². The lowest BCUT2D eigenvalue weighted by Crippen LogP contribution is -2.34. The Morgan fingerprint density at radius 3 is 2.68 bits per heavy atom. The normalized spacial score (nSPS) is 19.9. The van der Waals surface area contributed by atoms with E-state index in [0.29, 0.717) is 35.5 Å². The minimum atomic E-state index is -0.492. The predicted octanol–water partition coefficient (Wildman–Crippen LogP) is 3.62. The van der Waals surface area contributed by atoms with Gasteiger partial charge in [0.2, 0.25) is 0 Å². The Kier molecular flexibility index (Phi) is 5.65.